The molecule has 0 radical (unpaired) electrons. The van der Waals surface area contributed by atoms with Crippen LogP contribution < -0.4 is 0 Å². The second kappa shape index (κ2) is 9.70. The van der Waals surface area contributed by atoms with Crippen molar-refractivity contribution >= 4 is 22.0 Å². The van der Waals surface area contributed by atoms with E-state index in [0.29, 0.717) is 18.1 Å². The largest absolute Gasteiger partial charge is 0.444 e. The zero-order chi connectivity index (χ0) is 19.2. The number of hydrogen-bond acceptors (Lipinski definition) is 3. The summed E-state index contributed by atoms with van der Waals surface area (Å²) in [6.07, 6.45) is 3.75. The number of carbonyl (C=O) groups is 1. The van der Waals surface area contributed by atoms with Gasteiger partial charge < -0.3 is 14.4 Å². The van der Waals surface area contributed by atoms with E-state index < -0.39 is 10.6 Å². The van der Waals surface area contributed by atoms with E-state index in [9.17, 15) is 9.18 Å². The molecule has 0 aromatic heterocycles. The summed E-state index contributed by atoms with van der Waals surface area (Å²) >= 11 is 3.39. The molecule has 6 heteroatoms. The minimum Gasteiger partial charge on any atom is -0.444 e. The van der Waals surface area contributed by atoms with Gasteiger partial charge in [-0.15, -0.1) is 0 Å². The molecule has 0 bridgehead atoms. The third kappa shape index (κ3) is 6.88. The van der Waals surface area contributed by atoms with Gasteiger partial charge in [0.05, 0.1) is 0 Å². The van der Waals surface area contributed by atoms with Crippen molar-refractivity contribution in [1.29, 1.82) is 0 Å². The molecule has 2 atom stereocenters. The Balaban J connectivity index is 1.71. The molecule has 2 unspecified atom stereocenters. The van der Waals surface area contributed by atoms with E-state index in [1.165, 1.54) is 6.07 Å². The normalized spacial score (nSPS) is 19.3. The minimum atomic E-state index is -0.463. The second-order valence-electron chi connectivity index (χ2n) is 7.79. The molecular formula is C20H29BrFNO3. The van der Waals surface area contributed by atoms with Crippen LogP contribution in [-0.4, -0.2) is 36.3 Å². The molecule has 146 valence electrons. The minimum absolute atomic E-state index is 0.224. The first-order chi connectivity index (χ1) is 12.3. The fourth-order valence-corrected chi connectivity index (χ4v) is 3.66. The van der Waals surface area contributed by atoms with Gasteiger partial charge in [0.2, 0.25) is 0 Å². The highest BCUT2D eigenvalue weighted by molar-refractivity contribution is 9.09. The number of amides is 1. The van der Waals surface area contributed by atoms with Crippen molar-refractivity contribution < 1.29 is 18.7 Å². The Labute approximate surface area is 164 Å². The van der Waals surface area contributed by atoms with E-state index in [0.717, 1.165) is 38.8 Å². The van der Waals surface area contributed by atoms with Gasteiger partial charge in [0.1, 0.15) is 16.4 Å². The number of rotatable bonds is 6. The van der Waals surface area contributed by atoms with Gasteiger partial charge >= 0.3 is 6.09 Å². The van der Waals surface area contributed by atoms with Crippen LogP contribution in [0.2, 0.25) is 0 Å². The van der Waals surface area contributed by atoms with Gasteiger partial charge in [0.25, 0.3) is 0 Å². The van der Waals surface area contributed by atoms with Crippen molar-refractivity contribution in [3.05, 3.63) is 35.6 Å². The number of nitrogens with zero attached hydrogens (tertiary/aromatic N) is 1. The summed E-state index contributed by atoms with van der Waals surface area (Å²) in [5.41, 5.74) is 0.0522. The molecule has 1 amide bonds. The lowest BCUT2D eigenvalue weighted by atomic mass is 9.94. The fourth-order valence-electron chi connectivity index (χ4n) is 3.10. The van der Waals surface area contributed by atoms with Crippen LogP contribution in [0.3, 0.4) is 0 Å². The molecule has 1 aliphatic heterocycles. The summed E-state index contributed by atoms with van der Waals surface area (Å²) in [6, 6.07) is 6.61. The number of carbonyl (C=O) groups excluding carboxylic acids is 1. The zero-order valence-corrected chi connectivity index (χ0v) is 17.4. The lowest BCUT2D eigenvalue weighted by Gasteiger charge is -2.34. The maximum atomic E-state index is 13.7. The molecule has 1 saturated heterocycles. The van der Waals surface area contributed by atoms with E-state index in [4.69, 9.17) is 9.47 Å². The van der Waals surface area contributed by atoms with Crippen molar-refractivity contribution in [3.8, 4) is 0 Å². The molecule has 0 spiro atoms. The van der Waals surface area contributed by atoms with E-state index in [1.807, 2.05) is 25.7 Å². The van der Waals surface area contributed by atoms with E-state index >= 15 is 0 Å². The summed E-state index contributed by atoms with van der Waals surface area (Å²) in [7, 11) is 0. The number of benzene rings is 1. The Morgan fingerprint density at radius 2 is 2.12 bits per heavy atom. The predicted molar refractivity (Wildman–Crippen MR) is 104 cm³/mol. The number of ether oxygens (including phenoxy) is 2. The third-order valence-electron chi connectivity index (χ3n) is 4.34. The van der Waals surface area contributed by atoms with E-state index in [2.05, 4.69) is 15.9 Å². The lowest BCUT2D eigenvalue weighted by Crippen LogP contribution is -2.42. The highest BCUT2D eigenvalue weighted by Gasteiger charge is 2.27. The van der Waals surface area contributed by atoms with Crippen molar-refractivity contribution in [3.63, 3.8) is 0 Å². The summed E-state index contributed by atoms with van der Waals surface area (Å²) in [5.74, 6) is 0.191. The number of alkyl halides is 1. The predicted octanol–water partition coefficient (Wildman–Crippen LogP) is 5.66. The van der Waals surface area contributed by atoms with E-state index in [-0.39, 0.29) is 11.9 Å². The third-order valence-corrected chi connectivity index (χ3v) is 5.10. The van der Waals surface area contributed by atoms with Crippen molar-refractivity contribution in [1.82, 2.24) is 4.90 Å². The van der Waals surface area contributed by atoms with Crippen LogP contribution in [0.25, 0.3) is 0 Å². The van der Waals surface area contributed by atoms with Crippen LogP contribution in [-0.2, 0) is 9.47 Å². The first-order valence-electron chi connectivity index (χ1n) is 9.24. The molecule has 1 aliphatic rings. The molecule has 1 heterocycles. The summed E-state index contributed by atoms with van der Waals surface area (Å²) in [4.78, 5) is 14.0. The average molecular weight is 430 g/mol. The quantitative estimate of drug-likeness (QED) is 0.432. The molecule has 2 rings (SSSR count). The number of halogens is 2. The molecular weight excluding hydrogens is 401 g/mol. The molecule has 0 saturated carbocycles. The first-order valence-corrected chi connectivity index (χ1v) is 10.2. The van der Waals surface area contributed by atoms with Crippen molar-refractivity contribution in [2.75, 3.05) is 19.7 Å². The Hall–Kier alpha value is -1.14. The fraction of sp³-hybridized carbons (Fsp3) is 0.650. The van der Waals surface area contributed by atoms with Gasteiger partial charge in [-0.2, -0.15) is 0 Å². The summed E-state index contributed by atoms with van der Waals surface area (Å²) < 4.78 is 24.9. The molecule has 26 heavy (non-hydrogen) atoms. The standard InChI is InChI=1S/C20H29BrFNO3/c1-20(2,3)26-19(24)23-12-6-8-15(14-23)9-7-13-25-18(21)16-10-4-5-11-17(16)22/h4-5,10-11,15,18H,6-9,12-14H2,1-3H3. The van der Waals surface area contributed by atoms with Gasteiger partial charge in [-0.3, -0.25) is 0 Å². The second-order valence-corrected chi connectivity index (χ2v) is 8.62. The van der Waals surface area contributed by atoms with E-state index in [1.54, 1.807) is 18.2 Å². The smallest absolute Gasteiger partial charge is 0.410 e. The molecule has 0 aliphatic carbocycles. The van der Waals surface area contributed by atoms with Crippen LogP contribution in [0.1, 0.15) is 57.0 Å². The monoisotopic (exact) mass is 429 g/mol. The molecule has 1 aromatic rings. The maximum Gasteiger partial charge on any atom is 0.410 e. The Morgan fingerprint density at radius 3 is 2.81 bits per heavy atom. The van der Waals surface area contributed by atoms with Crippen LogP contribution in [0.4, 0.5) is 9.18 Å². The SMILES string of the molecule is CC(C)(C)OC(=O)N1CCCC(CCCOC(Br)c2ccccc2F)C1. The van der Waals surface area contributed by atoms with Crippen LogP contribution in [0.15, 0.2) is 24.3 Å². The van der Waals surface area contributed by atoms with Crippen LogP contribution >= 0.6 is 15.9 Å². The summed E-state index contributed by atoms with van der Waals surface area (Å²) in [6.45, 7) is 7.70. The number of hydrogen-bond donors (Lipinski definition) is 0. The Morgan fingerprint density at radius 1 is 1.38 bits per heavy atom. The molecule has 1 fully saturated rings. The highest BCUT2D eigenvalue weighted by Crippen LogP contribution is 2.27. The molecule has 0 N–H and O–H groups in total. The molecule has 4 nitrogen and oxygen atoms in total. The number of likely N-dealkylation sites (tertiary alicyclic amines) is 1. The Kier molecular flexibility index (Phi) is 7.89. The summed E-state index contributed by atoms with van der Waals surface area (Å²) in [5, 5.41) is -0.437. The number of piperidine rings is 1. The Bertz CT molecular complexity index is 591. The first kappa shape index (κ1) is 21.2. The average Bonchev–Trinajstić information content (AvgIpc) is 2.58. The maximum absolute atomic E-state index is 13.7. The van der Waals surface area contributed by atoms with Gasteiger partial charge in [0, 0.05) is 25.3 Å². The topological polar surface area (TPSA) is 38.8 Å². The van der Waals surface area contributed by atoms with Crippen LogP contribution in [0.5, 0.6) is 0 Å². The van der Waals surface area contributed by atoms with Gasteiger partial charge in [-0.05, 0) is 58.4 Å². The lowest BCUT2D eigenvalue weighted by molar-refractivity contribution is 0.0155. The highest BCUT2D eigenvalue weighted by atomic mass is 79.9. The van der Waals surface area contributed by atoms with Crippen molar-refractivity contribution in [2.45, 2.75) is 57.1 Å². The van der Waals surface area contributed by atoms with Crippen molar-refractivity contribution in [2.24, 2.45) is 5.92 Å². The van der Waals surface area contributed by atoms with Crippen LogP contribution in [0, 0.1) is 11.7 Å². The van der Waals surface area contributed by atoms with Gasteiger partial charge in [-0.1, -0.05) is 34.1 Å². The van der Waals surface area contributed by atoms with Gasteiger partial charge in [-0.25, -0.2) is 9.18 Å². The zero-order valence-electron chi connectivity index (χ0n) is 15.8. The van der Waals surface area contributed by atoms with Gasteiger partial charge in [0.15, 0.2) is 0 Å². The molecule has 1 aromatic carbocycles.